The van der Waals surface area contributed by atoms with Gasteiger partial charge in [0.1, 0.15) is 5.60 Å². The highest BCUT2D eigenvalue weighted by molar-refractivity contribution is 7.85. The van der Waals surface area contributed by atoms with Crippen LogP contribution in [0.4, 0.5) is 4.79 Å². The van der Waals surface area contributed by atoms with Crippen LogP contribution in [0.3, 0.4) is 0 Å². The zero-order chi connectivity index (χ0) is 19.4. The molecule has 0 spiro atoms. The molecular formula is C18H27NO6S. The molecule has 1 aromatic rings. The van der Waals surface area contributed by atoms with Crippen LogP contribution in [0.1, 0.15) is 32.8 Å². The number of hydrogen-bond acceptors (Lipinski definition) is 6. The lowest BCUT2D eigenvalue weighted by molar-refractivity contribution is -0.0140. The van der Waals surface area contributed by atoms with Crippen molar-refractivity contribution < 1.29 is 26.9 Å². The van der Waals surface area contributed by atoms with Crippen molar-refractivity contribution in [3.8, 4) is 0 Å². The molecule has 0 bridgehead atoms. The molecule has 1 fully saturated rings. The Morgan fingerprint density at radius 3 is 2.46 bits per heavy atom. The normalized spacial score (nSPS) is 21.0. The molecule has 1 aromatic carbocycles. The van der Waals surface area contributed by atoms with E-state index in [-0.39, 0.29) is 12.7 Å². The van der Waals surface area contributed by atoms with E-state index in [0.717, 1.165) is 11.8 Å². The lowest BCUT2D eigenvalue weighted by Gasteiger charge is -2.30. The summed E-state index contributed by atoms with van der Waals surface area (Å²) in [7, 11) is -3.62. The van der Waals surface area contributed by atoms with Gasteiger partial charge in [-0.15, -0.1) is 0 Å². The van der Waals surface area contributed by atoms with E-state index in [2.05, 4.69) is 0 Å². The third kappa shape index (κ3) is 6.59. The van der Waals surface area contributed by atoms with Crippen LogP contribution >= 0.6 is 0 Å². The van der Waals surface area contributed by atoms with E-state index in [1.165, 1.54) is 4.90 Å². The fourth-order valence-corrected chi connectivity index (χ4v) is 3.12. The quantitative estimate of drug-likeness (QED) is 0.700. The topological polar surface area (TPSA) is 82.1 Å². The largest absolute Gasteiger partial charge is 0.444 e. The van der Waals surface area contributed by atoms with Crippen molar-refractivity contribution in [2.45, 2.75) is 51.5 Å². The molecule has 0 aromatic heterocycles. The van der Waals surface area contributed by atoms with Gasteiger partial charge in [-0.1, -0.05) is 30.3 Å². The number of nitrogens with zero attached hydrogens (tertiary/aromatic N) is 1. The summed E-state index contributed by atoms with van der Waals surface area (Å²) in [4.78, 5) is 14.0. The molecule has 1 aliphatic rings. The molecule has 0 radical (unpaired) electrons. The number of carbonyl (C=O) groups excluding carboxylic acids is 1. The Bertz CT molecular complexity index is 698. The molecule has 146 valence electrons. The van der Waals surface area contributed by atoms with Crippen LogP contribution in [-0.2, 0) is 30.4 Å². The third-order valence-electron chi connectivity index (χ3n) is 3.87. The van der Waals surface area contributed by atoms with Gasteiger partial charge in [0.05, 0.1) is 31.6 Å². The number of carbonyl (C=O) groups is 1. The summed E-state index contributed by atoms with van der Waals surface area (Å²) >= 11 is 0. The highest BCUT2D eigenvalue weighted by atomic mass is 32.2. The van der Waals surface area contributed by atoms with Gasteiger partial charge in [-0.05, 0) is 32.8 Å². The summed E-state index contributed by atoms with van der Waals surface area (Å²) in [6.07, 6.45) is 0.749. The average Bonchev–Trinajstić information content (AvgIpc) is 2.92. The molecule has 2 unspecified atom stereocenters. The summed E-state index contributed by atoms with van der Waals surface area (Å²) in [6, 6.07) is 9.13. The highest BCUT2D eigenvalue weighted by Crippen LogP contribution is 2.25. The van der Waals surface area contributed by atoms with E-state index >= 15 is 0 Å². The minimum atomic E-state index is -3.62. The fourth-order valence-electron chi connectivity index (χ4n) is 2.73. The predicted octanol–water partition coefficient (Wildman–Crippen LogP) is 2.56. The average molecular weight is 385 g/mol. The van der Waals surface area contributed by atoms with Gasteiger partial charge in [0, 0.05) is 6.54 Å². The van der Waals surface area contributed by atoms with E-state index in [1.807, 2.05) is 30.3 Å². The van der Waals surface area contributed by atoms with Crippen LogP contribution < -0.4 is 0 Å². The number of benzene rings is 1. The molecular weight excluding hydrogens is 358 g/mol. The van der Waals surface area contributed by atoms with Gasteiger partial charge in [-0.3, -0.25) is 4.18 Å². The maximum Gasteiger partial charge on any atom is 0.410 e. The second-order valence-corrected chi connectivity index (χ2v) is 9.00. The van der Waals surface area contributed by atoms with Crippen LogP contribution in [-0.4, -0.2) is 56.6 Å². The van der Waals surface area contributed by atoms with Gasteiger partial charge in [0.2, 0.25) is 0 Å². The second kappa shape index (κ2) is 8.37. The third-order valence-corrected chi connectivity index (χ3v) is 4.44. The maximum atomic E-state index is 12.5. The minimum Gasteiger partial charge on any atom is -0.444 e. The minimum absolute atomic E-state index is 0.155. The van der Waals surface area contributed by atoms with Gasteiger partial charge in [-0.25, -0.2) is 4.79 Å². The van der Waals surface area contributed by atoms with Gasteiger partial charge >= 0.3 is 6.09 Å². The van der Waals surface area contributed by atoms with Crippen LogP contribution in [0.25, 0.3) is 0 Å². The predicted molar refractivity (Wildman–Crippen MR) is 97.2 cm³/mol. The number of likely N-dealkylation sites (tertiary alicyclic amines) is 1. The first-order chi connectivity index (χ1) is 12.1. The first kappa shape index (κ1) is 20.7. The molecule has 26 heavy (non-hydrogen) atoms. The smallest absolute Gasteiger partial charge is 0.410 e. The summed E-state index contributed by atoms with van der Waals surface area (Å²) in [6.45, 7) is 6.00. The van der Waals surface area contributed by atoms with Crippen molar-refractivity contribution in [1.82, 2.24) is 4.90 Å². The number of ether oxygens (including phenoxy) is 2. The molecule has 0 aliphatic carbocycles. The van der Waals surface area contributed by atoms with Gasteiger partial charge in [0.25, 0.3) is 10.1 Å². The molecule has 8 heteroatoms. The summed E-state index contributed by atoms with van der Waals surface area (Å²) < 4.78 is 39.1. The Hall–Kier alpha value is -1.64. The highest BCUT2D eigenvalue weighted by Gasteiger charge is 2.40. The van der Waals surface area contributed by atoms with Gasteiger partial charge in [0.15, 0.2) is 0 Å². The van der Waals surface area contributed by atoms with Crippen molar-refractivity contribution in [2.75, 3.05) is 19.4 Å². The van der Waals surface area contributed by atoms with E-state index < -0.39 is 27.9 Å². The van der Waals surface area contributed by atoms with Crippen molar-refractivity contribution in [3.05, 3.63) is 35.9 Å². The number of amides is 1. The van der Waals surface area contributed by atoms with Crippen LogP contribution in [0, 0.1) is 0 Å². The SMILES string of the molecule is CC(C)(C)OC(=O)N1CCC(OCc2ccccc2)C1COS(C)(=O)=O. The van der Waals surface area contributed by atoms with Crippen molar-refractivity contribution in [1.29, 1.82) is 0 Å². The van der Waals surface area contributed by atoms with E-state index in [9.17, 15) is 13.2 Å². The zero-order valence-electron chi connectivity index (χ0n) is 15.7. The lowest BCUT2D eigenvalue weighted by atomic mass is 10.1. The van der Waals surface area contributed by atoms with Crippen LogP contribution in [0.2, 0.25) is 0 Å². The Morgan fingerprint density at radius 1 is 1.23 bits per heavy atom. The lowest BCUT2D eigenvalue weighted by Crippen LogP contribution is -2.45. The van der Waals surface area contributed by atoms with Crippen molar-refractivity contribution in [2.24, 2.45) is 0 Å². The summed E-state index contributed by atoms with van der Waals surface area (Å²) in [5.74, 6) is 0. The molecule has 1 heterocycles. The molecule has 1 amide bonds. The zero-order valence-corrected chi connectivity index (χ0v) is 16.5. The Kier molecular flexibility index (Phi) is 6.65. The van der Waals surface area contributed by atoms with Crippen molar-refractivity contribution >= 4 is 16.2 Å². The number of rotatable bonds is 6. The van der Waals surface area contributed by atoms with E-state index in [4.69, 9.17) is 13.7 Å². The Morgan fingerprint density at radius 2 is 1.88 bits per heavy atom. The molecule has 1 aliphatic heterocycles. The number of hydrogen-bond donors (Lipinski definition) is 0. The monoisotopic (exact) mass is 385 g/mol. The van der Waals surface area contributed by atoms with Gasteiger partial charge < -0.3 is 14.4 Å². The maximum absolute atomic E-state index is 12.5. The molecule has 7 nitrogen and oxygen atoms in total. The van der Waals surface area contributed by atoms with E-state index in [1.54, 1.807) is 20.8 Å². The molecule has 1 saturated heterocycles. The van der Waals surface area contributed by atoms with Crippen LogP contribution in [0.15, 0.2) is 30.3 Å². The van der Waals surface area contributed by atoms with Gasteiger partial charge in [-0.2, -0.15) is 8.42 Å². The second-order valence-electron chi connectivity index (χ2n) is 7.35. The molecule has 0 saturated carbocycles. The molecule has 0 N–H and O–H groups in total. The fraction of sp³-hybridized carbons (Fsp3) is 0.611. The first-order valence-corrected chi connectivity index (χ1v) is 10.4. The Balaban J connectivity index is 2.06. The summed E-state index contributed by atoms with van der Waals surface area (Å²) in [5, 5.41) is 0. The van der Waals surface area contributed by atoms with Crippen LogP contribution in [0.5, 0.6) is 0 Å². The first-order valence-electron chi connectivity index (χ1n) is 8.55. The van der Waals surface area contributed by atoms with E-state index in [0.29, 0.717) is 19.6 Å². The Labute approximate surface area is 155 Å². The summed E-state index contributed by atoms with van der Waals surface area (Å²) in [5.41, 5.74) is 0.369. The van der Waals surface area contributed by atoms with Crippen molar-refractivity contribution in [3.63, 3.8) is 0 Å². The molecule has 2 rings (SSSR count). The molecule has 2 atom stereocenters. The standard InChI is InChI=1S/C18H27NO6S/c1-18(2,3)25-17(20)19-11-10-16(15(19)13-24-26(4,21)22)23-12-14-8-6-5-7-9-14/h5-9,15-16H,10-13H2,1-4H3.